The Hall–Kier alpha value is -7.60. The van der Waals surface area contributed by atoms with Gasteiger partial charge in [0.25, 0.3) is 0 Å². The van der Waals surface area contributed by atoms with E-state index in [1.54, 1.807) is 0 Å². The van der Waals surface area contributed by atoms with Crippen molar-refractivity contribution in [2.45, 2.75) is 117 Å². The van der Waals surface area contributed by atoms with Gasteiger partial charge in [0.2, 0.25) is 0 Å². The first kappa shape index (κ1) is 48.5. The maximum Gasteiger partial charge on any atom is 0.333 e. The molecule has 0 spiro atoms. The van der Waals surface area contributed by atoms with Gasteiger partial charge in [0.1, 0.15) is 0 Å². The molecule has 0 amide bonds. The van der Waals surface area contributed by atoms with Gasteiger partial charge in [-0.1, -0.05) is 184 Å². The van der Waals surface area contributed by atoms with Crippen LogP contribution in [0.3, 0.4) is 0 Å². The largest absolute Gasteiger partial charge is 0.367 e. The zero-order chi connectivity index (χ0) is 54.2. The van der Waals surface area contributed by atoms with Crippen molar-refractivity contribution in [1.82, 2.24) is 4.48 Å². The summed E-state index contributed by atoms with van der Waals surface area (Å²) in [5, 5.41) is 3.96. The molecule has 0 fully saturated rings. The minimum absolute atomic E-state index is 0.0237. The summed E-state index contributed by atoms with van der Waals surface area (Å²) in [5.41, 5.74) is 29.2. The Morgan fingerprint density at radius 1 is 0.532 bits per heavy atom. The van der Waals surface area contributed by atoms with E-state index in [9.17, 15) is 0 Å². The van der Waals surface area contributed by atoms with E-state index >= 15 is 0 Å². The molecule has 5 heteroatoms. The fraction of sp³-hybridized carbons (Fsp3) is 0.243. The van der Waals surface area contributed by atoms with Crippen molar-refractivity contribution in [1.29, 1.82) is 0 Å². The number of hydrogen-bond acceptors (Lipinski definition) is 3. The van der Waals surface area contributed by atoms with E-state index in [-0.39, 0.29) is 28.5 Å². The van der Waals surface area contributed by atoms with Gasteiger partial charge in [-0.15, -0.1) is 11.3 Å². The Morgan fingerprint density at radius 3 is 1.85 bits per heavy atom. The molecule has 4 aliphatic rings. The van der Waals surface area contributed by atoms with Gasteiger partial charge in [-0.05, 0) is 180 Å². The van der Waals surface area contributed by atoms with Gasteiger partial charge in [0.05, 0.1) is 4.83 Å². The zero-order valence-corrected chi connectivity index (χ0v) is 48.5. The Labute approximate surface area is 471 Å². The third kappa shape index (κ3) is 7.17. The lowest BCUT2D eigenvalue weighted by atomic mass is 9.44. The molecule has 2 aliphatic heterocycles. The summed E-state index contributed by atoms with van der Waals surface area (Å²) < 4.78 is 4.13. The molecule has 15 rings (SSSR count). The maximum absolute atomic E-state index is 2.81. The lowest BCUT2D eigenvalue weighted by molar-refractivity contribution is 0.332. The molecule has 4 heterocycles. The molecule has 0 saturated carbocycles. The van der Waals surface area contributed by atoms with E-state index in [1.807, 2.05) is 11.3 Å². The van der Waals surface area contributed by atoms with E-state index < -0.39 is 0 Å². The molecule has 11 aromatic rings. The fourth-order valence-corrected chi connectivity index (χ4v) is 15.7. The first-order chi connectivity index (χ1) is 37.8. The summed E-state index contributed by atoms with van der Waals surface area (Å²) in [5.74, 6) is 0. The Morgan fingerprint density at radius 2 is 1.16 bits per heavy atom. The quantitative estimate of drug-likeness (QED) is 0.159. The number of aromatic nitrogens is 1. The predicted molar refractivity (Wildman–Crippen MR) is 341 cm³/mol. The van der Waals surface area contributed by atoms with Gasteiger partial charge < -0.3 is 14.3 Å². The molecule has 0 radical (unpaired) electrons. The third-order valence-electron chi connectivity index (χ3n) is 18.9. The number of nitrogens with zero attached hydrogens (tertiary/aromatic N) is 3. The number of hydrogen-bond donors (Lipinski definition) is 0. The van der Waals surface area contributed by atoms with Gasteiger partial charge in [-0.25, -0.2) is 0 Å². The lowest BCUT2D eigenvalue weighted by Gasteiger charge is -2.45. The molecular formula is C74H68BN3S. The second-order valence-electron chi connectivity index (χ2n) is 26.8. The maximum atomic E-state index is 2.81. The molecule has 0 saturated heterocycles. The number of aryl methyl sites for hydroxylation is 1. The standard InChI is InChI=1S/C74H68BN3S/c1-44-37-60-61(74(10,11)36-35-73(60,8)9)43-64(44)77-63-34-25-46(45-19-13-12-14-20-45)39-62(63)75-67-56(42-55-53-22-16-15-21-47(53)38-57(55)69(67)77)58-40-52(41-59-66-54-23-17-18-24-65(54)79-70(66)78(75)68(58)59)76(50-30-26-48(27-31-50)71(2,3)4)51-32-28-49(29-33-51)72(5,6)7/h12-34,37,39-43H,35-36,38H2,1-11H3. The van der Waals surface area contributed by atoms with Crippen LogP contribution < -0.4 is 20.7 Å². The second-order valence-corrected chi connectivity index (χ2v) is 27.9. The summed E-state index contributed by atoms with van der Waals surface area (Å²) in [6.07, 6.45) is 3.22. The molecule has 0 N–H and O–H groups in total. The molecule has 2 aliphatic carbocycles. The Balaban J connectivity index is 1.09. The number of fused-ring (bicyclic) bond motifs is 14. The minimum Gasteiger partial charge on any atom is -0.367 e. The number of thiophene rings is 1. The summed E-state index contributed by atoms with van der Waals surface area (Å²) in [6, 6.07) is 68.6. The van der Waals surface area contributed by atoms with Crippen molar-refractivity contribution in [2.24, 2.45) is 0 Å². The fourth-order valence-electron chi connectivity index (χ4n) is 14.4. The first-order valence-electron chi connectivity index (χ1n) is 28.8. The van der Waals surface area contributed by atoms with Crippen LogP contribution in [0, 0.1) is 6.92 Å². The van der Waals surface area contributed by atoms with Crippen molar-refractivity contribution in [2.75, 3.05) is 9.80 Å². The van der Waals surface area contributed by atoms with E-state index in [2.05, 4.69) is 266 Å². The van der Waals surface area contributed by atoms with Gasteiger partial charge in [0, 0.05) is 72.5 Å². The molecular weight excluding hydrogens is 974 g/mol. The van der Waals surface area contributed by atoms with Crippen LogP contribution in [0.25, 0.3) is 64.6 Å². The van der Waals surface area contributed by atoms with Crippen molar-refractivity contribution in [3.8, 4) is 33.4 Å². The number of rotatable bonds is 5. The smallest absolute Gasteiger partial charge is 0.333 e. The molecule has 9 aromatic carbocycles. The van der Waals surface area contributed by atoms with Crippen molar-refractivity contribution in [3.63, 3.8) is 0 Å². The van der Waals surface area contributed by atoms with Crippen LogP contribution >= 0.6 is 11.3 Å². The molecule has 388 valence electrons. The van der Waals surface area contributed by atoms with Crippen LogP contribution in [0.4, 0.5) is 34.1 Å². The summed E-state index contributed by atoms with van der Waals surface area (Å²) in [7, 11) is 0. The highest BCUT2D eigenvalue weighted by Crippen LogP contribution is 2.56. The number of benzene rings is 9. The monoisotopic (exact) mass is 1040 g/mol. The minimum atomic E-state index is -0.0976. The van der Waals surface area contributed by atoms with Crippen molar-refractivity contribution < 1.29 is 0 Å². The molecule has 0 unspecified atom stereocenters. The Kier molecular flexibility index (Phi) is 10.3. The average Bonchev–Trinajstić information content (AvgIpc) is 3.23. The average molecular weight is 1040 g/mol. The summed E-state index contributed by atoms with van der Waals surface area (Å²) in [4.78, 5) is 6.62. The van der Waals surface area contributed by atoms with Crippen LogP contribution in [0.15, 0.2) is 176 Å². The van der Waals surface area contributed by atoms with Crippen LogP contribution in [0.2, 0.25) is 0 Å². The van der Waals surface area contributed by atoms with E-state index in [4.69, 9.17) is 0 Å². The van der Waals surface area contributed by atoms with Crippen LogP contribution in [0.5, 0.6) is 0 Å². The van der Waals surface area contributed by atoms with Crippen molar-refractivity contribution in [3.05, 3.63) is 215 Å². The molecule has 2 aromatic heterocycles. The zero-order valence-electron chi connectivity index (χ0n) is 47.7. The highest BCUT2D eigenvalue weighted by Gasteiger charge is 2.47. The molecule has 79 heavy (non-hydrogen) atoms. The number of anilines is 6. The van der Waals surface area contributed by atoms with Crippen LogP contribution in [0.1, 0.15) is 121 Å². The molecule has 3 nitrogen and oxygen atoms in total. The first-order valence-corrected chi connectivity index (χ1v) is 29.6. The van der Waals surface area contributed by atoms with Gasteiger partial charge in [-0.2, -0.15) is 0 Å². The highest BCUT2D eigenvalue weighted by molar-refractivity contribution is 7.26. The third-order valence-corrected chi connectivity index (χ3v) is 20.1. The van der Waals surface area contributed by atoms with E-state index in [0.717, 1.165) is 29.9 Å². The van der Waals surface area contributed by atoms with Crippen molar-refractivity contribution >= 4 is 94.4 Å². The molecule has 0 atom stereocenters. The lowest BCUT2D eigenvalue weighted by Crippen LogP contribution is -2.57. The van der Waals surface area contributed by atoms with E-state index in [1.165, 1.54) is 138 Å². The summed E-state index contributed by atoms with van der Waals surface area (Å²) >= 11 is 1.96. The van der Waals surface area contributed by atoms with E-state index in [0.29, 0.717) is 0 Å². The van der Waals surface area contributed by atoms with Gasteiger partial charge in [0.15, 0.2) is 0 Å². The van der Waals surface area contributed by atoms with Crippen LogP contribution in [-0.2, 0) is 28.1 Å². The van der Waals surface area contributed by atoms with Gasteiger partial charge >= 0.3 is 6.85 Å². The topological polar surface area (TPSA) is 11.4 Å². The highest BCUT2D eigenvalue weighted by atomic mass is 32.1. The normalized spacial score (nSPS) is 15.5. The molecule has 0 bridgehead atoms. The predicted octanol–water partition coefficient (Wildman–Crippen LogP) is 19.4. The SMILES string of the molecule is Cc1cc2c(cc1N1c3ccc(-c4ccccc4)cc3B3c4c(cc5c(c41)Cc1ccccc1-5)-c1cc(N(c4ccc(C(C)(C)C)cc4)c4ccc(C(C)(C)C)cc4)cc4c5c6ccccc6sc5n3c14)C(C)(C)CCC2(C)C. The summed E-state index contributed by atoms with van der Waals surface area (Å²) in [6.45, 7) is 26.0. The van der Waals surface area contributed by atoms with Gasteiger partial charge in [-0.3, -0.25) is 0 Å². The Bertz CT molecular complexity index is 4310. The van der Waals surface area contributed by atoms with Crippen LogP contribution in [-0.4, -0.2) is 11.3 Å². The second kappa shape index (κ2) is 16.7.